The molecule has 0 aliphatic rings. The number of aliphatic imine (C=N–C) groups is 1. The first kappa shape index (κ1) is 15.4. The van der Waals surface area contributed by atoms with Gasteiger partial charge in [-0.05, 0) is 24.3 Å². The number of nitrogens with zero attached hydrogens (tertiary/aromatic N) is 2. The van der Waals surface area contributed by atoms with Gasteiger partial charge in [0, 0.05) is 16.5 Å². The van der Waals surface area contributed by atoms with Crippen LogP contribution in [0.15, 0.2) is 84.1 Å². The summed E-state index contributed by atoms with van der Waals surface area (Å²) in [4.78, 5) is 15.3. The summed E-state index contributed by atoms with van der Waals surface area (Å²) in [6.45, 7) is 0. The predicted molar refractivity (Wildman–Crippen MR) is 108 cm³/mol. The Balaban J connectivity index is 1.77. The molecule has 0 saturated heterocycles. The standard InChI is InChI=1S/C22H16N4O/c27-22-20(16-8-4-5-9-17(16)26-22)21(14-6-2-1-3-7-14)25-15-10-11-18-19(12-15)24-13-23-18/h1-13,26-27H,(H,23,24). The molecular weight excluding hydrogens is 336 g/mol. The summed E-state index contributed by atoms with van der Waals surface area (Å²) in [5.74, 6) is 0.112. The van der Waals surface area contributed by atoms with Crippen LogP contribution in [-0.4, -0.2) is 25.8 Å². The van der Waals surface area contributed by atoms with E-state index in [0.29, 0.717) is 11.3 Å². The highest BCUT2D eigenvalue weighted by molar-refractivity contribution is 6.21. The zero-order valence-electron chi connectivity index (χ0n) is 14.3. The van der Waals surface area contributed by atoms with E-state index in [9.17, 15) is 5.11 Å². The number of benzene rings is 3. The van der Waals surface area contributed by atoms with Crippen LogP contribution in [0.2, 0.25) is 0 Å². The van der Waals surface area contributed by atoms with Crippen molar-refractivity contribution in [3.63, 3.8) is 0 Å². The summed E-state index contributed by atoms with van der Waals surface area (Å²) in [7, 11) is 0. The van der Waals surface area contributed by atoms with E-state index < -0.39 is 0 Å². The second-order valence-electron chi connectivity index (χ2n) is 6.32. The number of aromatic nitrogens is 3. The lowest BCUT2D eigenvalue weighted by Crippen LogP contribution is -2.02. The second-order valence-corrected chi connectivity index (χ2v) is 6.32. The Morgan fingerprint density at radius 2 is 1.70 bits per heavy atom. The van der Waals surface area contributed by atoms with Crippen molar-refractivity contribution in [3.05, 3.63) is 90.3 Å². The van der Waals surface area contributed by atoms with Gasteiger partial charge in [0.05, 0.1) is 34.3 Å². The Morgan fingerprint density at radius 1 is 0.889 bits per heavy atom. The van der Waals surface area contributed by atoms with Crippen molar-refractivity contribution < 1.29 is 5.11 Å². The number of rotatable bonds is 3. The molecule has 0 radical (unpaired) electrons. The van der Waals surface area contributed by atoms with Crippen LogP contribution in [0.4, 0.5) is 5.69 Å². The summed E-state index contributed by atoms with van der Waals surface area (Å²) in [6, 6.07) is 23.5. The highest BCUT2D eigenvalue weighted by Gasteiger charge is 2.18. The molecule has 0 aliphatic carbocycles. The van der Waals surface area contributed by atoms with Gasteiger partial charge in [-0.25, -0.2) is 9.98 Å². The Hall–Kier alpha value is -3.86. The highest BCUT2D eigenvalue weighted by Crippen LogP contribution is 2.31. The third-order valence-corrected chi connectivity index (χ3v) is 4.62. The third-order valence-electron chi connectivity index (χ3n) is 4.62. The van der Waals surface area contributed by atoms with E-state index in [2.05, 4.69) is 15.0 Å². The maximum absolute atomic E-state index is 10.6. The van der Waals surface area contributed by atoms with Crippen molar-refractivity contribution >= 4 is 33.3 Å². The van der Waals surface area contributed by atoms with Gasteiger partial charge >= 0.3 is 0 Å². The third kappa shape index (κ3) is 2.66. The minimum Gasteiger partial charge on any atom is -0.494 e. The first-order chi connectivity index (χ1) is 13.3. The van der Waals surface area contributed by atoms with Crippen LogP contribution in [0.1, 0.15) is 11.1 Å². The molecule has 5 aromatic rings. The fourth-order valence-corrected chi connectivity index (χ4v) is 3.35. The molecule has 2 heterocycles. The van der Waals surface area contributed by atoms with Gasteiger partial charge in [0.25, 0.3) is 0 Å². The molecule has 0 atom stereocenters. The van der Waals surface area contributed by atoms with Crippen LogP contribution in [-0.2, 0) is 0 Å². The van der Waals surface area contributed by atoms with E-state index in [-0.39, 0.29) is 5.88 Å². The largest absolute Gasteiger partial charge is 0.494 e. The number of aromatic amines is 2. The van der Waals surface area contributed by atoms with Crippen molar-refractivity contribution in [1.82, 2.24) is 15.0 Å². The van der Waals surface area contributed by atoms with Crippen LogP contribution in [0.25, 0.3) is 21.9 Å². The van der Waals surface area contributed by atoms with Crippen LogP contribution >= 0.6 is 0 Å². The summed E-state index contributed by atoms with van der Waals surface area (Å²) in [5.41, 5.74) is 5.82. The Kier molecular flexibility index (Phi) is 3.50. The molecule has 5 nitrogen and oxygen atoms in total. The van der Waals surface area contributed by atoms with Gasteiger partial charge in [-0.1, -0.05) is 48.5 Å². The van der Waals surface area contributed by atoms with Crippen LogP contribution in [0, 0.1) is 0 Å². The number of aromatic hydroxyl groups is 1. The summed E-state index contributed by atoms with van der Waals surface area (Å²) in [6.07, 6.45) is 1.67. The molecule has 27 heavy (non-hydrogen) atoms. The van der Waals surface area contributed by atoms with E-state index in [1.165, 1.54) is 0 Å². The lowest BCUT2D eigenvalue weighted by molar-refractivity contribution is 0.457. The molecule has 130 valence electrons. The topological polar surface area (TPSA) is 77.1 Å². The van der Waals surface area contributed by atoms with E-state index in [1.54, 1.807) is 6.33 Å². The number of imidazole rings is 1. The van der Waals surface area contributed by atoms with Crippen LogP contribution in [0.5, 0.6) is 5.88 Å². The van der Waals surface area contributed by atoms with Gasteiger partial charge in [0.15, 0.2) is 5.88 Å². The first-order valence-corrected chi connectivity index (χ1v) is 8.67. The molecule has 0 amide bonds. The van der Waals surface area contributed by atoms with E-state index in [0.717, 1.165) is 33.2 Å². The number of H-pyrrole nitrogens is 2. The molecule has 0 bridgehead atoms. The molecule has 3 aromatic carbocycles. The van der Waals surface area contributed by atoms with Crippen LogP contribution in [0.3, 0.4) is 0 Å². The summed E-state index contributed by atoms with van der Waals surface area (Å²) in [5, 5.41) is 11.6. The Morgan fingerprint density at radius 3 is 2.59 bits per heavy atom. The predicted octanol–water partition coefficient (Wildman–Crippen LogP) is 4.92. The molecule has 5 rings (SSSR count). The highest BCUT2D eigenvalue weighted by atomic mass is 16.3. The zero-order valence-corrected chi connectivity index (χ0v) is 14.3. The molecule has 0 aliphatic heterocycles. The molecule has 2 aromatic heterocycles. The molecule has 0 spiro atoms. The molecule has 3 N–H and O–H groups in total. The van der Waals surface area contributed by atoms with Gasteiger partial charge < -0.3 is 15.1 Å². The molecule has 0 saturated carbocycles. The first-order valence-electron chi connectivity index (χ1n) is 8.67. The van der Waals surface area contributed by atoms with Gasteiger partial charge in [0.1, 0.15) is 0 Å². The normalized spacial score (nSPS) is 12.1. The molecule has 0 fully saturated rings. The van der Waals surface area contributed by atoms with E-state index >= 15 is 0 Å². The second kappa shape index (κ2) is 6.14. The average Bonchev–Trinajstić information content (AvgIpc) is 3.30. The van der Waals surface area contributed by atoms with Crippen molar-refractivity contribution in [2.24, 2.45) is 4.99 Å². The monoisotopic (exact) mass is 352 g/mol. The van der Waals surface area contributed by atoms with Gasteiger partial charge in [-0.15, -0.1) is 0 Å². The van der Waals surface area contributed by atoms with Gasteiger partial charge in [0.2, 0.25) is 0 Å². The maximum atomic E-state index is 10.6. The number of fused-ring (bicyclic) bond motifs is 2. The average molecular weight is 352 g/mol. The van der Waals surface area contributed by atoms with Crippen molar-refractivity contribution in [2.75, 3.05) is 0 Å². The maximum Gasteiger partial charge on any atom is 0.199 e. The fraction of sp³-hybridized carbons (Fsp3) is 0. The van der Waals surface area contributed by atoms with Crippen LogP contribution < -0.4 is 0 Å². The van der Waals surface area contributed by atoms with Crippen molar-refractivity contribution in [3.8, 4) is 5.88 Å². The minimum absolute atomic E-state index is 0.112. The molecule has 0 unspecified atom stereocenters. The zero-order chi connectivity index (χ0) is 18.2. The summed E-state index contributed by atoms with van der Waals surface area (Å²) >= 11 is 0. The van der Waals surface area contributed by atoms with Gasteiger partial charge in [-0.3, -0.25) is 0 Å². The number of hydrogen-bond donors (Lipinski definition) is 3. The Labute approximate surface area is 155 Å². The lowest BCUT2D eigenvalue weighted by atomic mass is 10.0. The molecular formula is C22H16N4O. The number of para-hydroxylation sites is 1. The van der Waals surface area contributed by atoms with Crippen molar-refractivity contribution in [1.29, 1.82) is 0 Å². The van der Waals surface area contributed by atoms with E-state index in [4.69, 9.17) is 4.99 Å². The lowest BCUT2D eigenvalue weighted by Gasteiger charge is -2.08. The Bertz CT molecular complexity index is 1280. The van der Waals surface area contributed by atoms with E-state index in [1.807, 2.05) is 72.8 Å². The van der Waals surface area contributed by atoms with Crippen molar-refractivity contribution in [2.45, 2.75) is 0 Å². The summed E-state index contributed by atoms with van der Waals surface area (Å²) < 4.78 is 0. The smallest absolute Gasteiger partial charge is 0.199 e. The number of nitrogens with one attached hydrogen (secondary N) is 2. The fourth-order valence-electron chi connectivity index (χ4n) is 3.35. The molecule has 5 heteroatoms. The van der Waals surface area contributed by atoms with Gasteiger partial charge in [-0.2, -0.15) is 0 Å². The SMILES string of the molecule is Oc1[nH]c2ccccc2c1C(=Nc1ccc2nc[nH]c2c1)c1ccccc1. The quantitative estimate of drug-likeness (QED) is 0.403. The minimum atomic E-state index is 0.112. The number of hydrogen-bond acceptors (Lipinski definition) is 3.